The van der Waals surface area contributed by atoms with Gasteiger partial charge in [0.25, 0.3) is 0 Å². The number of nitrogens with one attached hydrogen (secondary N) is 2. The van der Waals surface area contributed by atoms with Crippen LogP contribution >= 0.6 is 24.0 Å². The van der Waals surface area contributed by atoms with E-state index in [0.717, 1.165) is 11.4 Å². The van der Waals surface area contributed by atoms with E-state index in [1.165, 1.54) is 6.07 Å². The maximum absolute atomic E-state index is 13.6. The lowest BCUT2D eigenvalue weighted by Crippen LogP contribution is -2.37. The summed E-state index contributed by atoms with van der Waals surface area (Å²) in [4.78, 5) is 12.6. The second kappa shape index (κ2) is 10.6. The third kappa shape index (κ3) is 6.02. The van der Waals surface area contributed by atoms with Crippen molar-refractivity contribution in [1.29, 1.82) is 0 Å². The molecule has 0 spiro atoms. The fourth-order valence-corrected chi connectivity index (χ4v) is 2.53. The molecular formula is C19H22FIN6. The molecule has 27 heavy (non-hydrogen) atoms. The molecule has 0 saturated carbocycles. The first-order valence-electron chi connectivity index (χ1n) is 8.37. The van der Waals surface area contributed by atoms with Crippen LogP contribution in [0, 0.1) is 5.82 Å². The summed E-state index contributed by atoms with van der Waals surface area (Å²) in [7, 11) is 1.71. The molecule has 0 aliphatic rings. The fourth-order valence-electron chi connectivity index (χ4n) is 2.53. The summed E-state index contributed by atoms with van der Waals surface area (Å²) in [6, 6.07) is 10.7. The van der Waals surface area contributed by atoms with Crippen molar-refractivity contribution in [3.05, 3.63) is 78.3 Å². The maximum atomic E-state index is 13.6. The van der Waals surface area contributed by atoms with E-state index >= 15 is 0 Å². The van der Waals surface area contributed by atoms with Gasteiger partial charge in [-0.25, -0.2) is 14.4 Å². The number of pyridine rings is 1. The highest BCUT2D eigenvalue weighted by Gasteiger charge is 2.03. The lowest BCUT2D eigenvalue weighted by atomic mass is 10.1. The Labute approximate surface area is 175 Å². The van der Waals surface area contributed by atoms with Crippen LogP contribution in [-0.4, -0.2) is 34.1 Å². The van der Waals surface area contributed by atoms with Crippen LogP contribution in [0.2, 0.25) is 0 Å². The number of guanidine groups is 1. The molecule has 0 radical (unpaired) electrons. The summed E-state index contributed by atoms with van der Waals surface area (Å²) in [5, 5.41) is 6.45. The molecule has 142 valence electrons. The van der Waals surface area contributed by atoms with E-state index in [4.69, 9.17) is 0 Å². The molecule has 0 unspecified atom stereocenters. The Kier molecular flexibility index (Phi) is 8.18. The number of aromatic nitrogens is 3. The van der Waals surface area contributed by atoms with Crippen LogP contribution in [0.1, 0.15) is 11.1 Å². The van der Waals surface area contributed by atoms with Gasteiger partial charge in [-0.2, -0.15) is 0 Å². The van der Waals surface area contributed by atoms with Crippen molar-refractivity contribution in [3.8, 4) is 5.82 Å². The molecular weight excluding hydrogens is 458 g/mol. The van der Waals surface area contributed by atoms with E-state index in [1.807, 2.05) is 29.0 Å². The first-order valence-corrected chi connectivity index (χ1v) is 8.37. The van der Waals surface area contributed by atoms with Crippen LogP contribution < -0.4 is 10.6 Å². The molecule has 0 atom stereocenters. The van der Waals surface area contributed by atoms with Crippen LogP contribution in [-0.2, 0) is 13.0 Å². The smallest absolute Gasteiger partial charge is 0.191 e. The Morgan fingerprint density at radius 3 is 2.78 bits per heavy atom. The van der Waals surface area contributed by atoms with Gasteiger partial charge in [-0.3, -0.25) is 9.56 Å². The summed E-state index contributed by atoms with van der Waals surface area (Å²) in [6.45, 7) is 1.20. The molecule has 2 aromatic heterocycles. The second-order valence-electron chi connectivity index (χ2n) is 5.69. The van der Waals surface area contributed by atoms with Crippen LogP contribution in [0.4, 0.5) is 4.39 Å². The number of benzene rings is 1. The SMILES string of the molecule is CN=C(NCCc1ccccc1F)NCc1ccnc(-n2ccnc2)c1.I. The normalized spacial score (nSPS) is 11.0. The highest BCUT2D eigenvalue weighted by molar-refractivity contribution is 14.0. The number of hydrogen-bond acceptors (Lipinski definition) is 3. The first-order chi connectivity index (χ1) is 12.8. The average Bonchev–Trinajstić information content (AvgIpc) is 3.21. The summed E-state index contributed by atoms with van der Waals surface area (Å²) < 4.78 is 15.5. The molecule has 8 heteroatoms. The Bertz CT molecular complexity index is 866. The highest BCUT2D eigenvalue weighted by atomic mass is 127. The zero-order valence-corrected chi connectivity index (χ0v) is 17.3. The Balaban J connectivity index is 0.00000261. The molecule has 1 aromatic carbocycles. The summed E-state index contributed by atoms with van der Waals surface area (Å²) in [6.07, 6.45) is 7.63. The summed E-state index contributed by atoms with van der Waals surface area (Å²) >= 11 is 0. The van der Waals surface area contributed by atoms with Crippen LogP contribution in [0.5, 0.6) is 0 Å². The monoisotopic (exact) mass is 480 g/mol. The lowest BCUT2D eigenvalue weighted by molar-refractivity contribution is 0.606. The van der Waals surface area contributed by atoms with Gasteiger partial charge in [-0.1, -0.05) is 18.2 Å². The van der Waals surface area contributed by atoms with Gasteiger partial charge in [0.1, 0.15) is 18.0 Å². The minimum atomic E-state index is -0.180. The fraction of sp³-hybridized carbons (Fsp3) is 0.211. The number of halogens is 2. The third-order valence-electron chi connectivity index (χ3n) is 3.91. The second-order valence-corrected chi connectivity index (χ2v) is 5.69. The topological polar surface area (TPSA) is 67.1 Å². The van der Waals surface area contributed by atoms with E-state index in [1.54, 1.807) is 37.9 Å². The van der Waals surface area contributed by atoms with Crippen molar-refractivity contribution >= 4 is 29.9 Å². The van der Waals surface area contributed by atoms with Gasteiger partial charge in [0.2, 0.25) is 0 Å². The predicted molar refractivity (Wildman–Crippen MR) is 115 cm³/mol. The zero-order valence-electron chi connectivity index (χ0n) is 15.0. The summed E-state index contributed by atoms with van der Waals surface area (Å²) in [5.41, 5.74) is 1.76. The van der Waals surface area contributed by atoms with Crippen LogP contribution in [0.25, 0.3) is 5.82 Å². The highest BCUT2D eigenvalue weighted by Crippen LogP contribution is 2.07. The van der Waals surface area contributed by atoms with Gasteiger partial charge in [0.15, 0.2) is 5.96 Å². The van der Waals surface area contributed by atoms with Crippen LogP contribution in [0.15, 0.2) is 66.3 Å². The number of nitrogens with zero attached hydrogens (tertiary/aromatic N) is 4. The van der Waals surface area contributed by atoms with Crippen molar-refractivity contribution in [1.82, 2.24) is 25.2 Å². The maximum Gasteiger partial charge on any atom is 0.191 e. The molecule has 3 aromatic rings. The number of rotatable bonds is 6. The van der Waals surface area contributed by atoms with E-state index in [0.29, 0.717) is 31.0 Å². The van der Waals surface area contributed by atoms with Crippen molar-refractivity contribution in [2.45, 2.75) is 13.0 Å². The largest absolute Gasteiger partial charge is 0.356 e. The van der Waals surface area contributed by atoms with Crippen molar-refractivity contribution < 1.29 is 4.39 Å². The number of hydrogen-bond donors (Lipinski definition) is 2. The van der Waals surface area contributed by atoms with Gasteiger partial charge in [-0.15, -0.1) is 24.0 Å². The molecule has 2 N–H and O–H groups in total. The number of imidazole rings is 1. The van der Waals surface area contributed by atoms with Crippen LogP contribution in [0.3, 0.4) is 0 Å². The lowest BCUT2D eigenvalue weighted by Gasteiger charge is -2.12. The van der Waals surface area contributed by atoms with Gasteiger partial charge in [0, 0.05) is 38.7 Å². The van der Waals surface area contributed by atoms with E-state index in [9.17, 15) is 4.39 Å². The molecule has 3 rings (SSSR count). The molecule has 0 fully saturated rings. The molecule has 0 amide bonds. The van der Waals surface area contributed by atoms with Crippen molar-refractivity contribution in [2.24, 2.45) is 4.99 Å². The summed E-state index contributed by atoms with van der Waals surface area (Å²) in [5.74, 6) is 1.30. The van der Waals surface area contributed by atoms with E-state index in [-0.39, 0.29) is 29.8 Å². The first kappa shape index (κ1) is 20.8. The molecule has 6 nitrogen and oxygen atoms in total. The minimum absolute atomic E-state index is 0. The molecule has 0 bridgehead atoms. The minimum Gasteiger partial charge on any atom is -0.356 e. The molecule has 0 saturated heterocycles. The van der Waals surface area contributed by atoms with Crippen molar-refractivity contribution in [2.75, 3.05) is 13.6 Å². The molecule has 2 heterocycles. The quantitative estimate of drug-likeness (QED) is 0.324. The average molecular weight is 480 g/mol. The van der Waals surface area contributed by atoms with Crippen molar-refractivity contribution in [3.63, 3.8) is 0 Å². The zero-order chi connectivity index (χ0) is 18.2. The Morgan fingerprint density at radius 2 is 2.04 bits per heavy atom. The Hall–Kier alpha value is -2.49. The Morgan fingerprint density at radius 1 is 1.19 bits per heavy atom. The van der Waals surface area contributed by atoms with E-state index < -0.39 is 0 Å². The van der Waals surface area contributed by atoms with Gasteiger partial charge in [0.05, 0.1) is 0 Å². The van der Waals surface area contributed by atoms with Gasteiger partial charge in [-0.05, 0) is 35.7 Å². The molecule has 0 aliphatic carbocycles. The van der Waals surface area contributed by atoms with Gasteiger partial charge < -0.3 is 10.6 Å². The standard InChI is InChI=1S/C19H21FN6.HI/c1-21-19(24-9-7-16-4-2-3-5-17(16)20)25-13-15-6-8-23-18(12-15)26-11-10-22-14-26;/h2-6,8,10-12,14H,7,9,13H2,1H3,(H2,21,24,25);1H. The molecule has 0 aliphatic heterocycles. The van der Waals surface area contributed by atoms with Gasteiger partial charge >= 0.3 is 0 Å². The number of aliphatic imine (C=N–C) groups is 1. The predicted octanol–water partition coefficient (Wildman–Crippen LogP) is 2.93. The van der Waals surface area contributed by atoms with E-state index in [2.05, 4.69) is 25.6 Å². The third-order valence-corrected chi connectivity index (χ3v) is 3.91.